The summed E-state index contributed by atoms with van der Waals surface area (Å²) in [6.45, 7) is 4.40. The molecule has 1 amide bonds. The van der Waals surface area contributed by atoms with Crippen LogP contribution < -0.4 is 10.6 Å². The van der Waals surface area contributed by atoms with Gasteiger partial charge in [-0.2, -0.15) is 0 Å². The minimum atomic E-state index is -0.303. The molecule has 0 aliphatic heterocycles. The van der Waals surface area contributed by atoms with Gasteiger partial charge in [-0.05, 0) is 26.8 Å². The van der Waals surface area contributed by atoms with Gasteiger partial charge in [0.05, 0.1) is 13.2 Å². The third-order valence-electron chi connectivity index (χ3n) is 3.15. The summed E-state index contributed by atoms with van der Waals surface area (Å²) < 4.78 is 10.3. The fraction of sp³-hybridized carbons (Fsp3) is 0.929. The molecule has 0 aliphatic carbocycles. The molecule has 0 heterocycles. The van der Waals surface area contributed by atoms with Crippen LogP contribution in [0.25, 0.3) is 0 Å². The van der Waals surface area contributed by atoms with Crippen molar-refractivity contribution in [1.29, 1.82) is 0 Å². The third-order valence-corrected chi connectivity index (χ3v) is 3.15. The first-order valence-corrected chi connectivity index (χ1v) is 7.32. The van der Waals surface area contributed by atoms with Crippen molar-refractivity contribution in [2.75, 3.05) is 47.1 Å². The Kier molecular flexibility index (Phi) is 12.8. The number of carbonyl (C=O) groups is 1. The predicted octanol–water partition coefficient (Wildman–Crippen LogP) is 0.152. The quantitative estimate of drug-likeness (QED) is 0.421. The smallest absolute Gasteiger partial charge is 0.239 e. The molecule has 1 unspecified atom stereocenters. The molecule has 0 spiro atoms. The van der Waals surface area contributed by atoms with Gasteiger partial charge in [0.1, 0.15) is 6.04 Å². The van der Waals surface area contributed by atoms with Crippen LogP contribution in [-0.4, -0.2) is 64.2 Å². The minimum Gasteiger partial charge on any atom is -0.396 e. The molecule has 6 nitrogen and oxygen atoms in total. The highest BCUT2D eigenvalue weighted by atomic mass is 16.5. The molecule has 0 aromatic heterocycles. The molecule has 0 saturated carbocycles. The standard InChI is InChI=1S/C14H30N2O4/c1-4-20-10-12(9-17)7-5-6-8-16-14(18)13(15-2)11-19-3/h12-13,15,17H,4-11H2,1-3H3,(H,16,18)/t12?,13-/m0/s1. The molecular weight excluding hydrogens is 260 g/mol. The number of aliphatic hydroxyl groups excluding tert-OH is 1. The van der Waals surface area contributed by atoms with Crippen molar-refractivity contribution in [1.82, 2.24) is 10.6 Å². The first kappa shape index (κ1) is 19.3. The predicted molar refractivity (Wildman–Crippen MR) is 78.7 cm³/mol. The maximum atomic E-state index is 11.7. The van der Waals surface area contributed by atoms with E-state index in [2.05, 4.69) is 10.6 Å². The zero-order valence-electron chi connectivity index (χ0n) is 13.0. The summed E-state index contributed by atoms with van der Waals surface area (Å²) in [6.07, 6.45) is 2.78. The van der Waals surface area contributed by atoms with E-state index in [4.69, 9.17) is 9.47 Å². The molecule has 2 atom stereocenters. The number of ether oxygens (including phenoxy) is 2. The molecule has 0 aliphatic rings. The van der Waals surface area contributed by atoms with Gasteiger partial charge in [-0.3, -0.25) is 4.79 Å². The summed E-state index contributed by atoms with van der Waals surface area (Å²) in [6, 6.07) is -0.303. The van der Waals surface area contributed by atoms with Crippen molar-refractivity contribution >= 4 is 5.91 Å². The first-order valence-electron chi connectivity index (χ1n) is 7.32. The van der Waals surface area contributed by atoms with Crippen LogP contribution in [0.5, 0.6) is 0 Å². The molecular formula is C14H30N2O4. The lowest BCUT2D eigenvalue weighted by atomic mass is 10.0. The average molecular weight is 290 g/mol. The number of amides is 1. The molecule has 0 aromatic rings. The van der Waals surface area contributed by atoms with E-state index in [9.17, 15) is 9.90 Å². The fourth-order valence-corrected chi connectivity index (χ4v) is 1.86. The van der Waals surface area contributed by atoms with Crippen molar-refractivity contribution in [3.63, 3.8) is 0 Å². The second-order valence-corrected chi connectivity index (χ2v) is 4.79. The van der Waals surface area contributed by atoms with Gasteiger partial charge in [0.25, 0.3) is 0 Å². The van der Waals surface area contributed by atoms with Crippen molar-refractivity contribution in [2.24, 2.45) is 5.92 Å². The lowest BCUT2D eigenvalue weighted by Gasteiger charge is -2.16. The SMILES string of the molecule is CCOCC(CO)CCCCNC(=O)[C@H](COC)NC. The third kappa shape index (κ3) is 9.25. The highest BCUT2D eigenvalue weighted by molar-refractivity contribution is 5.81. The Morgan fingerprint density at radius 2 is 2.05 bits per heavy atom. The number of carbonyl (C=O) groups excluding carboxylic acids is 1. The van der Waals surface area contributed by atoms with Gasteiger partial charge < -0.3 is 25.2 Å². The van der Waals surface area contributed by atoms with Crippen LogP contribution in [0, 0.1) is 5.92 Å². The number of likely N-dealkylation sites (N-methyl/N-ethyl adjacent to an activating group) is 1. The maximum Gasteiger partial charge on any atom is 0.239 e. The highest BCUT2D eigenvalue weighted by Gasteiger charge is 2.15. The zero-order valence-corrected chi connectivity index (χ0v) is 13.0. The summed E-state index contributed by atoms with van der Waals surface area (Å²) in [4.78, 5) is 11.7. The minimum absolute atomic E-state index is 0.0395. The van der Waals surface area contributed by atoms with E-state index in [0.29, 0.717) is 26.4 Å². The van der Waals surface area contributed by atoms with Crippen LogP contribution in [0.1, 0.15) is 26.2 Å². The van der Waals surface area contributed by atoms with Crippen molar-refractivity contribution in [2.45, 2.75) is 32.2 Å². The number of hydrogen-bond donors (Lipinski definition) is 3. The van der Waals surface area contributed by atoms with Gasteiger partial charge in [0.2, 0.25) is 5.91 Å². The van der Waals surface area contributed by atoms with E-state index < -0.39 is 0 Å². The van der Waals surface area contributed by atoms with Gasteiger partial charge in [-0.15, -0.1) is 0 Å². The second-order valence-electron chi connectivity index (χ2n) is 4.79. The summed E-state index contributed by atoms with van der Waals surface area (Å²) in [5.41, 5.74) is 0. The Balaban J connectivity index is 3.66. The van der Waals surface area contributed by atoms with Crippen molar-refractivity contribution in [3.05, 3.63) is 0 Å². The van der Waals surface area contributed by atoms with Gasteiger partial charge in [0, 0.05) is 32.8 Å². The lowest BCUT2D eigenvalue weighted by molar-refractivity contribution is -0.124. The van der Waals surface area contributed by atoms with Crippen LogP contribution in [-0.2, 0) is 14.3 Å². The molecule has 0 radical (unpaired) electrons. The van der Waals surface area contributed by atoms with Crippen LogP contribution in [0.3, 0.4) is 0 Å². The number of nitrogens with one attached hydrogen (secondary N) is 2. The Morgan fingerprint density at radius 1 is 1.30 bits per heavy atom. The molecule has 120 valence electrons. The van der Waals surface area contributed by atoms with Crippen LogP contribution in [0.2, 0.25) is 0 Å². The maximum absolute atomic E-state index is 11.7. The summed E-state index contributed by atoms with van der Waals surface area (Å²) in [5.74, 6) is 0.159. The van der Waals surface area contributed by atoms with Crippen LogP contribution in [0.15, 0.2) is 0 Å². The van der Waals surface area contributed by atoms with E-state index >= 15 is 0 Å². The lowest BCUT2D eigenvalue weighted by Crippen LogP contribution is -2.45. The molecule has 0 saturated heterocycles. The van der Waals surface area contributed by atoms with E-state index in [1.807, 2.05) is 6.92 Å². The Morgan fingerprint density at radius 3 is 2.60 bits per heavy atom. The van der Waals surface area contributed by atoms with E-state index in [1.54, 1.807) is 14.2 Å². The number of hydrogen-bond acceptors (Lipinski definition) is 5. The highest BCUT2D eigenvalue weighted by Crippen LogP contribution is 2.08. The molecule has 0 rings (SSSR count). The Labute approximate surface area is 122 Å². The zero-order chi connectivity index (χ0) is 15.2. The largest absolute Gasteiger partial charge is 0.396 e. The fourth-order valence-electron chi connectivity index (χ4n) is 1.86. The topological polar surface area (TPSA) is 79.8 Å². The van der Waals surface area contributed by atoms with E-state index in [1.165, 1.54) is 0 Å². The molecule has 0 aromatic carbocycles. The monoisotopic (exact) mass is 290 g/mol. The van der Waals surface area contributed by atoms with Gasteiger partial charge in [-0.25, -0.2) is 0 Å². The van der Waals surface area contributed by atoms with Crippen molar-refractivity contribution in [3.8, 4) is 0 Å². The molecule has 6 heteroatoms. The Hall–Kier alpha value is -0.690. The summed E-state index contributed by atoms with van der Waals surface area (Å²) in [7, 11) is 3.31. The molecule has 0 fully saturated rings. The van der Waals surface area contributed by atoms with Gasteiger partial charge in [0.15, 0.2) is 0 Å². The van der Waals surface area contributed by atoms with Crippen LogP contribution in [0.4, 0.5) is 0 Å². The van der Waals surface area contributed by atoms with Crippen molar-refractivity contribution < 1.29 is 19.4 Å². The number of methoxy groups -OCH3 is 1. The summed E-state index contributed by atoms with van der Waals surface area (Å²) in [5, 5.41) is 15.0. The average Bonchev–Trinajstić information content (AvgIpc) is 2.47. The second kappa shape index (κ2) is 13.3. The first-order chi connectivity index (χ1) is 9.69. The number of rotatable bonds is 13. The summed E-state index contributed by atoms with van der Waals surface area (Å²) >= 11 is 0. The normalized spacial score (nSPS) is 14.0. The van der Waals surface area contributed by atoms with Crippen LogP contribution >= 0.6 is 0 Å². The molecule has 20 heavy (non-hydrogen) atoms. The van der Waals surface area contributed by atoms with Gasteiger partial charge in [-0.1, -0.05) is 6.42 Å². The van der Waals surface area contributed by atoms with E-state index in [-0.39, 0.29) is 24.5 Å². The Bertz CT molecular complexity index is 239. The van der Waals surface area contributed by atoms with Gasteiger partial charge >= 0.3 is 0 Å². The van der Waals surface area contributed by atoms with E-state index in [0.717, 1.165) is 19.3 Å². The number of aliphatic hydroxyl groups is 1. The number of unbranched alkanes of at least 4 members (excludes halogenated alkanes) is 1. The molecule has 3 N–H and O–H groups in total. The molecule has 0 bridgehead atoms.